The molecular formula is C17H21ClN4O2. The summed E-state index contributed by atoms with van der Waals surface area (Å²) in [6.07, 6.45) is 6.97. The third-order valence-corrected chi connectivity index (χ3v) is 4.31. The van der Waals surface area contributed by atoms with Gasteiger partial charge in [0, 0.05) is 19.2 Å². The number of carbonyl (C=O) groups is 1. The summed E-state index contributed by atoms with van der Waals surface area (Å²) in [4.78, 5) is 14.3. The molecule has 24 heavy (non-hydrogen) atoms. The number of anilines is 1. The molecule has 2 N–H and O–H groups in total. The van der Waals surface area contributed by atoms with Gasteiger partial charge in [-0.05, 0) is 37.8 Å². The number of hydrogen-bond donors (Lipinski definition) is 2. The van der Waals surface area contributed by atoms with Crippen LogP contribution in [0.3, 0.4) is 0 Å². The van der Waals surface area contributed by atoms with Crippen molar-refractivity contribution in [2.45, 2.75) is 31.7 Å². The number of nitrogens with zero attached hydrogens (tertiary/aromatic N) is 3. The number of hydrogen-bond acceptors (Lipinski definition) is 3. The SMILES string of the molecule is O=C(Nc1cnn(-c2ccccc2Cl)c1)N(CCCCO)C1CC1. The Bertz CT molecular complexity index is 699. The van der Waals surface area contributed by atoms with Gasteiger partial charge in [0.25, 0.3) is 0 Å². The van der Waals surface area contributed by atoms with Crippen LogP contribution in [-0.4, -0.2) is 45.0 Å². The molecule has 1 aromatic carbocycles. The number of para-hydroxylation sites is 1. The van der Waals surface area contributed by atoms with Gasteiger partial charge >= 0.3 is 6.03 Å². The summed E-state index contributed by atoms with van der Waals surface area (Å²) in [6, 6.07) is 7.62. The van der Waals surface area contributed by atoms with Gasteiger partial charge in [-0.3, -0.25) is 0 Å². The molecule has 1 aliphatic rings. The summed E-state index contributed by atoms with van der Waals surface area (Å²) >= 11 is 6.17. The van der Waals surface area contributed by atoms with Crippen molar-refractivity contribution in [3.05, 3.63) is 41.7 Å². The van der Waals surface area contributed by atoms with E-state index in [1.807, 2.05) is 23.1 Å². The molecule has 0 bridgehead atoms. The smallest absolute Gasteiger partial charge is 0.322 e. The zero-order chi connectivity index (χ0) is 16.9. The molecular weight excluding hydrogens is 328 g/mol. The van der Waals surface area contributed by atoms with E-state index in [1.165, 1.54) is 0 Å². The second kappa shape index (κ2) is 7.68. The van der Waals surface area contributed by atoms with Gasteiger partial charge in [0.15, 0.2) is 0 Å². The highest BCUT2D eigenvalue weighted by molar-refractivity contribution is 6.32. The summed E-state index contributed by atoms with van der Waals surface area (Å²) in [7, 11) is 0. The average molecular weight is 349 g/mol. The third kappa shape index (κ3) is 4.07. The van der Waals surface area contributed by atoms with Gasteiger partial charge in [-0.25, -0.2) is 9.48 Å². The van der Waals surface area contributed by atoms with E-state index in [0.717, 1.165) is 24.9 Å². The first kappa shape index (κ1) is 16.8. The monoisotopic (exact) mass is 348 g/mol. The van der Waals surface area contributed by atoms with E-state index in [1.54, 1.807) is 23.1 Å². The van der Waals surface area contributed by atoms with Gasteiger partial charge in [0.2, 0.25) is 0 Å². The predicted molar refractivity (Wildman–Crippen MR) is 93.6 cm³/mol. The molecule has 1 fully saturated rings. The molecule has 0 unspecified atom stereocenters. The van der Waals surface area contributed by atoms with Crippen molar-refractivity contribution in [2.75, 3.05) is 18.5 Å². The lowest BCUT2D eigenvalue weighted by Crippen LogP contribution is -2.37. The number of unbranched alkanes of at least 4 members (excludes halogenated alkanes) is 1. The highest BCUT2D eigenvalue weighted by Crippen LogP contribution is 2.28. The Morgan fingerprint density at radius 2 is 2.17 bits per heavy atom. The Hall–Kier alpha value is -2.05. The number of carbonyl (C=O) groups excluding carboxylic acids is 1. The van der Waals surface area contributed by atoms with E-state index in [-0.39, 0.29) is 12.6 Å². The summed E-state index contributed by atoms with van der Waals surface area (Å²) in [5.74, 6) is 0. The first-order chi connectivity index (χ1) is 11.7. The van der Waals surface area contributed by atoms with Gasteiger partial charge in [-0.15, -0.1) is 0 Å². The normalized spacial score (nSPS) is 13.8. The van der Waals surface area contributed by atoms with Crippen LogP contribution in [0.5, 0.6) is 0 Å². The van der Waals surface area contributed by atoms with E-state index < -0.39 is 0 Å². The zero-order valence-corrected chi connectivity index (χ0v) is 14.1. The van der Waals surface area contributed by atoms with Crippen molar-refractivity contribution in [2.24, 2.45) is 0 Å². The van der Waals surface area contributed by atoms with Crippen LogP contribution in [0.2, 0.25) is 5.02 Å². The van der Waals surface area contributed by atoms with Crippen molar-refractivity contribution in [3.8, 4) is 5.69 Å². The van der Waals surface area contributed by atoms with Crippen molar-refractivity contribution in [1.82, 2.24) is 14.7 Å². The van der Waals surface area contributed by atoms with E-state index in [9.17, 15) is 4.79 Å². The van der Waals surface area contributed by atoms with Crippen LogP contribution < -0.4 is 5.32 Å². The maximum absolute atomic E-state index is 12.5. The fraction of sp³-hybridized carbons (Fsp3) is 0.412. The van der Waals surface area contributed by atoms with Gasteiger partial charge < -0.3 is 15.3 Å². The van der Waals surface area contributed by atoms with Gasteiger partial charge in [-0.1, -0.05) is 23.7 Å². The number of benzene rings is 1. The van der Waals surface area contributed by atoms with Crippen LogP contribution in [0.25, 0.3) is 5.69 Å². The maximum atomic E-state index is 12.5. The minimum Gasteiger partial charge on any atom is -0.396 e. The molecule has 2 aromatic rings. The molecule has 128 valence electrons. The summed E-state index contributed by atoms with van der Waals surface area (Å²) < 4.78 is 1.64. The Kier molecular flexibility index (Phi) is 5.37. The molecule has 1 aliphatic carbocycles. The highest BCUT2D eigenvalue weighted by Gasteiger charge is 2.32. The average Bonchev–Trinajstić information content (AvgIpc) is 3.31. The van der Waals surface area contributed by atoms with E-state index in [0.29, 0.717) is 29.7 Å². The quantitative estimate of drug-likeness (QED) is 0.754. The molecule has 6 nitrogen and oxygen atoms in total. The molecule has 0 saturated heterocycles. The lowest BCUT2D eigenvalue weighted by Gasteiger charge is -2.22. The van der Waals surface area contributed by atoms with Crippen LogP contribution in [-0.2, 0) is 0 Å². The van der Waals surface area contributed by atoms with Crippen molar-refractivity contribution < 1.29 is 9.90 Å². The van der Waals surface area contributed by atoms with Crippen molar-refractivity contribution in [1.29, 1.82) is 0 Å². The first-order valence-electron chi connectivity index (χ1n) is 8.17. The lowest BCUT2D eigenvalue weighted by molar-refractivity contribution is 0.204. The molecule has 0 atom stereocenters. The number of rotatable bonds is 7. The van der Waals surface area contributed by atoms with Gasteiger partial charge in [0.05, 0.1) is 28.8 Å². The fourth-order valence-electron chi connectivity index (χ4n) is 2.58. The number of aromatic nitrogens is 2. The van der Waals surface area contributed by atoms with Crippen LogP contribution >= 0.6 is 11.6 Å². The number of nitrogens with one attached hydrogen (secondary N) is 1. The summed E-state index contributed by atoms with van der Waals surface area (Å²) in [5.41, 5.74) is 1.40. The standard InChI is InChI=1S/C17H21ClN4O2/c18-15-5-1-2-6-16(15)22-12-13(11-19-22)20-17(24)21(14-7-8-14)9-3-4-10-23/h1-2,5-6,11-12,14,23H,3-4,7-10H2,(H,20,24). The minimum atomic E-state index is -0.117. The van der Waals surface area contributed by atoms with Crippen LogP contribution in [0.1, 0.15) is 25.7 Å². The molecule has 0 spiro atoms. The first-order valence-corrected chi connectivity index (χ1v) is 8.55. The van der Waals surface area contributed by atoms with Gasteiger partial charge in [-0.2, -0.15) is 5.10 Å². The second-order valence-corrected chi connectivity index (χ2v) is 6.32. The molecule has 1 aromatic heterocycles. The Labute approximate surface area is 146 Å². The number of aliphatic hydroxyl groups is 1. The fourth-order valence-corrected chi connectivity index (χ4v) is 2.80. The molecule has 1 saturated carbocycles. The molecule has 7 heteroatoms. The molecule has 0 radical (unpaired) electrons. The number of halogens is 1. The maximum Gasteiger partial charge on any atom is 0.322 e. The summed E-state index contributed by atoms with van der Waals surface area (Å²) in [6.45, 7) is 0.820. The lowest BCUT2D eigenvalue weighted by atomic mass is 10.3. The van der Waals surface area contributed by atoms with Gasteiger partial charge in [0.1, 0.15) is 0 Å². The molecule has 2 amide bonds. The molecule has 3 rings (SSSR count). The van der Waals surface area contributed by atoms with Crippen LogP contribution in [0.15, 0.2) is 36.7 Å². The Balaban J connectivity index is 1.65. The van der Waals surface area contributed by atoms with E-state index in [4.69, 9.17) is 16.7 Å². The number of aliphatic hydroxyl groups excluding tert-OH is 1. The highest BCUT2D eigenvalue weighted by atomic mass is 35.5. The molecule has 0 aliphatic heterocycles. The van der Waals surface area contributed by atoms with Crippen LogP contribution in [0, 0.1) is 0 Å². The predicted octanol–water partition coefficient (Wildman–Crippen LogP) is 3.29. The zero-order valence-electron chi connectivity index (χ0n) is 13.4. The summed E-state index contributed by atoms with van der Waals surface area (Å²) in [5, 5.41) is 16.7. The minimum absolute atomic E-state index is 0.117. The number of urea groups is 1. The van der Waals surface area contributed by atoms with Crippen LogP contribution in [0.4, 0.5) is 10.5 Å². The van der Waals surface area contributed by atoms with Crippen molar-refractivity contribution >= 4 is 23.3 Å². The van der Waals surface area contributed by atoms with E-state index >= 15 is 0 Å². The third-order valence-electron chi connectivity index (χ3n) is 3.99. The second-order valence-electron chi connectivity index (χ2n) is 5.91. The van der Waals surface area contributed by atoms with Crippen molar-refractivity contribution in [3.63, 3.8) is 0 Å². The topological polar surface area (TPSA) is 70.4 Å². The molecule has 1 heterocycles. The Morgan fingerprint density at radius 1 is 1.38 bits per heavy atom. The Morgan fingerprint density at radius 3 is 2.88 bits per heavy atom. The number of amides is 2. The van der Waals surface area contributed by atoms with E-state index in [2.05, 4.69) is 10.4 Å². The largest absolute Gasteiger partial charge is 0.396 e.